The molecule has 1 N–H and O–H groups in total. The molecule has 0 bridgehead atoms. The summed E-state index contributed by atoms with van der Waals surface area (Å²) in [6, 6.07) is 5.52. The normalized spacial score (nSPS) is 10.4. The lowest BCUT2D eigenvalue weighted by Gasteiger charge is -1.89. The summed E-state index contributed by atoms with van der Waals surface area (Å²) in [5.41, 5.74) is 7.94. The van der Waals surface area contributed by atoms with Crippen LogP contribution in [0.25, 0.3) is 10.8 Å². The largest absolute Gasteiger partial charge is 0.471 e. The first-order chi connectivity index (χ1) is 4.88. The Bertz CT molecular complexity index is 351. The highest BCUT2D eigenvalue weighted by Gasteiger charge is 1.97. The van der Waals surface area contributed by atoms with Gasteiger partial charge in [-0.15, -0.1) is 0 Å². The molecule has 1 heterocycles. The van der Waals surface area contributed by atoms with E-state index >= 15 is 0 Å². The number of rotatable bonds is 0. The molecule has 10 heavy (non-hydrogen) atoms. The van der Waals surface area contributed by atoms with E-state index in [0.717, 1.165) is 10.8 Å². The van der Waals surface area contributed by atoms with Gasteiger partial charge in [0.15, 0.2) is 0 Å². The molecule has 0 atom stereocenters. The summed E-state index contributed by atoms with van der Waals surface area (Å²) < 4.78 is 4.93. The third-order valence-electron chi connectivity index (χ3n) is 1.52. The van der Waals surface area contributed by atoms with E-state index in [0.29, 0.717) is 5.69 Å². The van der Waals surface area contributed by atoms with Gasteiger partial charge in [-0.05, 0) is 6.07 Å². The molecule has 2 aromatic rings. The van der Waals surface area contributed by atoms with Gasteiger partial charge in [0.2, 0.25) is 0 Å². The molecule has 49 valence electrons. The lowest BCUT2D eigenvalue weighted by Crippen LogP contribution is -1.67. The van der Waals surface area contributed by atoms with E-state index < -0.39 is 0 Å². The molecular formula is C8H6NO. The number of benzene rings is 1. The molecule has 0 fully saturated rings. The molecule has 1 radical (unpaired) electrons. The quantitative estimate of drug-likeness (QED) is 0.542. The average molecular weight is 132 g/mol. The van der Waals surface area contributed by atoms with E-state index in [2.05, 4.69) is 0 Å². The predicted molar refractivity (Wildman–Crippen MR) is 39.0 cm³/mol. The van der Waals surface area contributed by atoms with Crippen molar-refractivity contribution in [1.29, 1.82) is 0 Å². The summed E-state index contributed by atoms with van der Waals surface area (Å²) >= 11 is 0. The van der Waals surface area contributed by atoms with Crippen LogP contribution in [0.2, 0.25) is 0 Å². The number of nitrogens with one attached hydrogen (secondary N) is 1. The van der Waals surface area contributed by atoms with Crippen molar-refractivity contribution in [3.8, 4) is 0 Å². The van der Waals surface area contributed by atoms with Crippen molar-refractivity contribution in [2.45, 2.75) is 0 Å². The van der Waals surface area contributed by atoms with E-state index in [-0.39, 0.29) is 0 Å². The third kappa shape index (κ3) is 0.589. The highest BCUT2D eigenvalue weighted by Crippen LogP contribution is 2.21. The Morgan fingerprint density at radius 3 is 2.90 bits per heavy atom. The molecule has 0 saturated carbocycles. The molecular weight excluding hydrogens is 126 g/mol. The molecule has 0 unspecified atom stereocenters. The van der Waals surface area contributed by atoms with E-state index in [4.69, 9.17) is 10.2 Å². The topological polar surface area (TPSA) is 36.9 Å². The second-order valence-corrected chi connectivity index (χ2v) is 2.18. The van der Waals surface area contributed by atoms with Crippen molar-refractivity contribution in [2.75, 3.05) is 0 Å². The average Bonchev–Trinajstić information content (AvgIpc) is 2.36. The van der Waals surface area contributed by atoms with Crippen LogP contribution in [-0.4, -0.2) is 0 Å². The van der Waals surface area contributed by atoms with Crippen LogP contribution in [0.4, 0.5) is 5.69 Å². The summed E-state index contributed by atoms with van der Waals surface area (Å²) in [6.07, 6.45) is 3.24. The van der Waals surface area contributed by atoms with Crippen molar-refractivity contribution in [1.82, 2.24) is 5.73 Å². The van der Waals surface area contributed by atoms with Gasteiger partial charge in [-0.2, -0.15) is 0 Å². The van der Waals surface area contributed by atoms with Crippen molar-refractivity contribution >= 4 is 16.5 Å². The van der Waals surface area contributed by atoms with Gasteiger partial charge in [-0.3, -0.25) is 0 Å². The van der Waals surface area contributed by atoms with Gasteiger partial charge in [0.25, 0.3) is 0 Å². The summed E-state index contributed by atoms with van der Waals surface area (Å²) in [7, 11) is 0. The minimum Gasteiger partial charge on any atom is -0.471 e. The van der Waals surface area contributed by atoms with Gasteiger partial charge < -0.3 is 10.2 Å². The Labute approximate surface area is 58.2 Å². The molecule has 0 amide bonds. The molecule has 0 saturated heterocycles. The van der Waals surface area contributed by atoms with Crippen molar-refractivity contribution in [3.05, 3.63) is 30.7 Å². The zero-order chi connectivity index (χ0) is 6.97. The van der Waals surface area contributed by atoms with Crippen molar-refractivity contribution in [2.24, 2.45) is 0 Å². The van der Waals surface area contributed by atoms with Crippen LogP contribution in [0.15, 0.2) is 35.1 Å². The maximum atomic E-state index is 7.42. The first-order valence-electron chi connectivity index (χ1n) is 3.04. The van der Waals surface area contributed by atoms with Crippen LogP contribution in [0, 0.1) is 0 Å². The van der Waals surface area contributed by atoms with Crippen LogP contribution in [0.1, 0.15) is 0 Å². The summed E-state index contributed by atoms with van der Waals surface area (Å²) in [4.78, 5) is 0. The number of hydrogen-bond donors (Lipinski definition) is 0. The zero-order valence-electron chi connectivity index (χ0n) is 5.29. The van der Waals surface area contributed by atoms with Crippen LogP contribution in [0.3, 0.4) is 0 Å². The standard InChI is InChI=1S/C8H6NO/c9-8-3-1-2-6-4-10-5-7(6)8/h1-5,9H. The second-order valence-electron chi connectivity index (χ2n) is 2.18. The van der Waals surface area contributed by atoms with Crippen LogP contribution in [0.5, 0.6) is 0 Å². The minimum atomic E-state index is 0.520. The Balaban J connectivity index is 2.95. The monoisotopic (exact) mass is 132 g/mol. The third-order valence-corrected chi connectivity index (χ3v) is 1.52. The van der Waals surface area contributed by atoms with Gasteiger partial charge in [0.05, 0.1) is 12.0 Å². The summed E-state index contributed by atoms with van der Waals surface area (Å²) in [5, 5.41) is 1.87. The summed E-state index contributed by atoms with van der Waals surface area (Å²) in [5.74, 6) is 0. The fourth-order valence-corrected chi connectivity index (χ4v) is 0.993. The zero-order valence-corrected chi connectivity index (χ0v) is 5.29. The van der Waals surface area contributed by atoms with Crippen molar-refractivity contribution < 1.29 is 4.42 Å². The van der Waals surface area contributed by atoms with E-state index in [1.807, 2.05) is 12.1 Å². The van der Waals surface area contributed by atoms with Gasteiger partial charge >= 0.3 is 0 Å². The van der Waals surface area contributed by atoms with E-state index in [9.17, 15) is 0 Å². The van der Waals surface area contributed by atoms with Gasteiger partial charge in [-0.1, -0.05) is 12.1 Å². The van der Waals surface area contributed by atoms with Gasteiger partial charge in [0, 0.05) is 10.8 Å². The fourth-order valence-electron chi connectivity index (χ4n) is 0.993. The Morgan fingerprint density at radius 2 is 2.10 bits per heavy atom. The first kappa shape index (κ1) is 5.35. The molecule has 0 aliphatic heterocycles. The molecule has 1 aromatic carbocycles. The molecule has 0 aliphatic rings. The fraction of sp³-hybridized carbons (Fsp3) is 0. The van der Waals surface area contributed by atoms with Crippen molar-refractivity contribution in [3.63, 3.8) is 0 Å². The molecule has 1 aromatic heterocycles. The highest BCUT2D eigenvalue weighted by atomic mass is 16.3. The number of hydrogen-bond acceptors (Lipinski definition) is 1. The lowest BCUT2D eigenvalue weighted by atomic mass is 10.2. The predicted octanol–water partition coefficient (Wildman–Crippen LogP) is 2.35. The molecule has 2 nitrogen and oxygen atoms in total. The van der Waals surface area contributed by atoms with Crippen LogP contribution in [-0.2, 0) is 0 Å². The highest BCUT2D eigenvalue weighted by molar-refractivity contribution is 5.90. The second kappa shape index (κ2) is 1.77. The Kier molecular flexibility index (Phi) is 0.947. The first-order valence-corrected chi connectivity index (χ1v) is 3.04. The Morgan fingerprint density at radius 1 is 1.20 bits per heavy atom. The minimum absolute atomic E-state index is 0.520. The number of furan rings is 1. The van der Waals surface area contributed by atoms with Gasteiger partial charge in [-0.25, -0.2) is 0 Å². The smallest absolute Gasteiger partial charge is 0.100 e. The Hall–Kier alpha value is -1.44. The number of fused-ring (bicyclic) bond motifs is 1. The maximum absolute atomic E-state index is 7.42. The van der Waals surface area contributed by atoms with Crippen LogP contribution >= 0.6 is 0 Å². The maximum Gasteiger partial charge on any atom is 0.100 e. The van der Waals surface area contributed by atoms with E-state index in [1.165, 1.54) is 0 Å². The molecule has 0 aliphatic carbocycles. The molecule has 2 rings (SSSR count). The van der Waals surface area contributed by atoms with Crippen LogP contribution < -0.4 is 5.73 Å². The molecule has 2 heteroatoms. The van der Waals surface area contributed by atoms with E-state index in [1.54, 1.807) is 18.6 Å². The SMILES string of the molecule is [NH]c1cccc2cocc12. The molecule has 0 spiro atoms. The lowest BCUT2D eigenvalue weighted by molar-refractivity contribution is 0.572. The van der Waals surface area contributed by atoms with Gasteiger partial charge in [0.1, 0.15) is 6.26 Å². The summed E-state index contributed by atoms with van der Waals surface area (Å²) in [6.45, 7) is 0.